The summed E-state index contributed by atoms with van der Waals surface area (Å²) in [5, 5.41) is 8.14. The molecule has 2 heterocycles. The zero-order valence-corrected chi connectivity index (χ0v) is 17.5. The van der Waals surface area contributed by atoms with E-state index in [9.17, 15) is 4.79 Å². The standard InChI is InChI=1S/C23H23N3O5/c1-28-17-7-8-18-16(14-31-20(18)12-17)11-22(27)25-21-9-10-24-26(21)13-15-5-4-6-19(29-2)23(15)30-3/h4-10,12,14H,11,13H2,1-3H3,(H,25,27). The third-order valence-corrected chi connectivity index (χ3v) is 5.00. The van der Waals surface area contributed by atoms with Crippen molar-refractivity contribution in [2.24, 2.45) is 0 Å². The van der Waals surface area contributed by atoms with E-state index in [1.807, 2.05) is 30.3 Å². The molecule has 1 N–H and O–H groups in total. The molecule has 0 aliphatic carbocycles. The predicted molar refractivity (Wildman–Crippen MR) is 116 cm³/mol. The van der Waals surface area contributed by atoms with Gasteiger partial charge >= 0.3 is 0 Å². The Balaban J connectivity index is 1.49. The SMILES string of the molecule is COc1ccc2c(CC(=O)Nc3ccnn3Cc3cccc(OC)c3OC)coc2c1. The summed E-state index contributed by atoms with van der Waals surface area (Å²) >= 11 is 0. The van der Waals surface area contributed by atoms with E-state index >= 15 is 0 Å². The first-order valence-electron chi connectivity index (χ1n) is 9.68. The van der Waals surface area contributed by atoms with Gasteiger partial charge in [-0.05, 0) is 18.2 Å². The van der Waals surface area contributed by atoms with Crippen LogP contribution >= 0.6 is 0 Å². The number of hydrogen-bond acceptors (Lipinski definition) is 6. The fraction of sp³-hybridized carbons (Fsp3) is 0.217. The Hall–Kier alpha value is -3.94. The summed E-state index contributed by atoms with van der Waals surface area (Å²) in [6.07, 6.45) is 3.41. The molecular formula is C23H23N3O5. The monoisotopic (exact) mass is 421 g/mol. The Morgan fingerprint density at radius 3 is 2.71 bits per heavy atom. The molecule has 0 aliphatic rings. The van der Waals surface area contributed by atoms with E-state index in [0.717, 1.165) is 16.5 Å². The van der Waals surface area contributed by atoms with E-state index < -0.39 is 0 Å². The number of para-hydroxylation sites is 1. The molecule has 2 aromatic heterocycles. The van der Waals surface area contributed by atoms with Gasteiger partial charge in [0.15, 0.2) is 11.5 Å². The molecule has 1 amide bonds. The molecule has 2 aromatic carbocycles. The van der Waals surface area contributed by atoms with E-state index in [1.165, 1.54) is 0 Å². The van der Waals surface area contributed by atoms with Gasteiger partial charge in [0.2, 0.25) is 5.91 Å². The average molecular weight is 421 g/mol. The van der Waals surface area contributed by atoms with E-state index in [-0.39, 0.29) is 12.3 Å². The van der Waals surface area contributed by atoms with Crippen molar-refractivity contribution in [3.05, 3.63) is 66.1 Å². The Kier molecular flexibility index (Phi) is 5.79. The quantitative estimate of drug-likeness (QED) is 0.465. The van der Waals surface area contributed by atoms with Gasteiger partial charge in [-0.3, -0.25) is 4.79 Å². The molecule has 0 saturated heterocycles. The Bertz CT molecular complexity index is 1210. The highest BCUT2D eigenvalue weighted by Gasteiger charge is 2.15. The van der Waals surface area contributed by atoms with Crippen LogP contribution in [0.2, 0.25) is 0 Å². The maximum Gasteiger partial charge on any atom is 0.230 e. The number of carbonyl (C=O) groups is 1. The van der Waals surface area contributed by atoms with Crippen LogP contribution in [-0.4, -0.2) is 37.0 Å². The topological polar surface area (TPSA) is 87.8 Å². The summed E-state index contributed by atoms with van der Waals surface area (Å²) in [6.45, 7) is 0.414. The highest BCUT2D eigenvalue weighted by Crippen LogP contribution is 2.31. The van der Waals surface area contributed by atoms with Crippen LogP contribution in [0.25, 0.3) is 11.0 Å². The van der Waals surface area contributed by atoms with Crippen molar-refractivity contribution in [2.45, 2.75) is 13.0 Å². The van der Waals surface area contributed by atoms with E-state index in [4.69, 9.17) is 18.6 Å². The second-order valence-corrected chi connectivity index (χ2v) is 6.87. The summed E-state index contributed by atoms with van der Waals surface area (Å²) in [4.78, 5) is 12.7. The molecule has 0 aliphatic heterocycles. The zero-order valence-electron chi connectivity index (χ0n) is 17.5. The van der Waals surface area contributed by atoms with E-state index in [1.54, 1.807) is 50.6 Å². The lowest BCUT2D eigenvalue weighted by Gasteiger charge is -2.14. The Morgan fingerprint density at radius 2 is 1.94 bits per heavy atom. The van der Waals surface area contributed by atoms with Crippen molar-refractivity contribution in [3.63, 3.8) is 0 Å². The Labute approximate surface area is 179 Å². The second kappa shape index (κ2) is 8.83. The first-order valence-corrected chi connectivity index (χ1v) is 9.68. The largest absolute Gasteiger partial charge is 0.497 e. The molecule has 0 saturated carbocycles. The van der Waals surface area contributed by atoms with Gasteiger partial charge in [0.1, 0.15) is 17.2 Å². The number of carbonyl (C=O) groups excluding carboxylic acids is 1. The molecule has 4 rings (SSSR count). The number of methoxy groups -OCH3 is 3. The number of aromatic nitrogens is 2. The summed E-state index contributed by atoms with van der Waals surface area (Å²) in [7, 11) is 4.79. The van der Waals surface area contributed by atoms with Crippen LogP contribution in [0.5, 0.6) is 17.2 Å². The minimum absolute atomic E-state index is 0.169. The van der Waals surface area contributed by atoms with Crippen LogP contribution in [0, 0.1) is 0 Å². The number of anilines is 1. The van der Waals surface area contributed by atoms with Crippen molar-refractivity contribution >= 4 is 22.7 Å². The van der Waals surface area contributed by atoms with Gasteiger partial charge in [-0.25, -0.2) is 4.68 Å². The van der Waals surface area contributed by atoms with Crippen LogP contribution in [-0.2, 0) is 17.8 Å². The molecule has 4 aromatic rings. The number of nitrogens with one attached hydrogen (secondary N) is 1. The first-order chi connectivity index (χ1) is 15.1. The van der Waals surface area contributed by atoms with Gasteiger partial charge in [-0.2, -0.15) is 5.10 Å². The van der Waals surface area contributed by atoms with Crippen LogP contribution in [0.15, 0.2) is 59.3 Å². The van der Waals surface area contributed by atoms with E-state index in [0.29, 0.717) is 35.2 Å². The van der Waals surface area contributed by atoms with Crippen LogP contribution in [0.1, 0.15) is 11.1 Å². The van der Waals surface area contributed by atoms with Gasteiger partial charge in [-0.15, -0.1) is 0 Å². The van der Waals surface area contributed by atoms with Crippen molar-refractivity contribution < 1.29 is 23.4 Å². The number of ether oxygens (including phenoxy) is 3. The molecule has 0 atom stereocenters. The number of hydrogen-bond donors (Lipinski definition) is 1. The molecule has 0 fully saturated rings. The minimum Gasteiger partial charge on any atom is -0.497 e. The van der Waals surface area contributed by atoms with Crippen LogP contribution < -0.4 is 19.5 Å². The molecule has 0 unspecified atom stereocenters. The highest BCUT2D eigenvalue weighted by molar-refractivity contribution is 5.95. The van der Waals surface area contributed by atoms with Crippen molar-refractivity contribution in [1.29, 1.82) is 0 Å². The predicted octanol–water partition coefficient (Wildman–Crippen LogP) is 3.88. The van der Waals surface area contributed by atoms with Gasteiger partial charge in [0.25, 0.3) is 0 Å². The average Bonchev–Trinajstić information content (AvgIpc) is 3.39. The van der Waals surface area contributed by atoms with Crippen LogP contribution in [0.4, 0.5) is 5.82 Å². The zero-order chi connectivity index (χ0) is 21.8. The normalized spacial score (nSPS) is 10.8. The lowest BCUT2D eigenvalue weighted by molar-refractivity contribution is -0.115. The maximum atomic E-state index is 12.7. The number of rotatable bonds is 8. The molecule has 0 bridgehead atoms. The number of furan rings is 1. The van der Waals surface area contributed by atoms with Crippen molar-refractivity contribution in [1.82, 2.24) is 9.78 Å². The summed E-state index contributed by atoms with van der Waals surface area (Å²) in [5.74, 6) is 2.40. The molecular weight excluding hydrogens is 398 g/mol. The molecule has 8 heteroatoms. The fourth-order valence-corrected chi connectivity index (χ4v) is 3.49. The molecule has 8 nitrogen and oxygen atoms in total. The van der Waals surface area contributed by atoms with Gasteiger partial charge < -0.3 is 23.9 Å². The molecule has 0 radical (unpaired) electrons. The number of benzene rings is 2. The van der Waals surface area contributed by atoms with Gasteiger partial charge in [0, 0.05) is 28.6 Å². The molecule has 0 spiro atoms. The lowest BCUT2D eigenvalue weighted by Crippen LogP contribution is -2.18. The smallest absolute Gasteiger partial charge is 0.230 e. The van der Waals surface area contributed by atoms with Gasteiger partial charge in [-0.1, -0.05) is 12.1 Å². The lowest BCUT2D eigenvalue weighted by atomic mass is 10.1. The summed E-state index contributed by atoms with van der Waals surface area (Å²) in [5.41, 5.74) is 2.36. The van der Waals surface area contributed by atoms with Crippen molar-refractivity contribution in [3.8, 4) is 17.2 Å². The number of amides is 1. The van der Waals surface area contributed by atoms with Crippen LogP contribution in [0.3, 0.4) is 0 Å². The number of fused-ring (bicyclic) bond motifs is 1. The Morgan fingerprint density at radius 1 is 1.06 bits per heavy atom. The molecule has 160 valence electrons. The highest BCUT2D eigenvalue weighted by atomic mass is 16.5. The van der Waals surface area contributed by atoms with Crippen molar-refractivity contribution in [2.75, 3.05) is 26.6 Å². The van der Waals surface area contributed by atoms with E-state index in [2.05, 4.69) is 10.4 Å². The fourth-order valence-electron chi connectivity index (χ4n) is 3.49. The first kappa shape index (κ1) is 20.3. The second-order valence-electron chi connectivity index (χ2n) is 6.87. The maximum absolute atomic E-state index is 12.7. The summed E-state index contributed by atoms with van der Waals surface area (Å²) in [6, 6.07) is 12.9. The van der Waals surface area contributed by atoms with Gasteiger partial charge in [0.05, 0.1) is 46.8 Å². The third-order valence-electron chi connectivity index (χ3n) is 5.00. The number of nitrogens with zero attached hydrogens (tertiary/aromatic N) is 2. The summed E-state index contributed by atoms with van der Waals surface area (Å²) < 4.78 is 23.3. The third kappa shape index (κ3) is 4.18. The molecule has 31 heavy (non-hydrogen) atoms. The minimum atomic E-state index is -0.169.